The Labute approximate surface area is 137 Å². The number of benzene rings is 1. The van der Waals surface area contributed by atoms with Gasteiger partial charge in [-0.3, -0.25) is 0 Å². The average molecular weight is 334 g/mol. The lowest BCUT2D eigenvalue weighted by Crippen LogP contribution is -2.46. The highest BCUT2D eigenvalue weighted by molar-refractivity contribution is 5.59. The summed E-state index contributed by atoms with van der Waals surface area (Å²) in [4.78, 5) is 4.29. The minimum atomic E-state index is -4.35. The van der Waals surface area contributed by atoms with Gasteiger partial charge in [-0.15, -0.1) is 0 Å². The summed E-state index contributed by atoms with van der Waals surface area (Å²) < 4.78 is 39.7. The topological polar surface area (TPSA) is 69.9 Å². The molecule has 0 bridgehead atoms. The molecule has 2 unspecified atom stereocenters. The summed E-state index contributed by atoms with van der Waals surface area (Å²) in [6, 6.07) is 4.61. The van der Waals surface area contributed by atoms with E-state index < -0.39 is 17.3 Å². The van der Waals surface area contributed by atoms with Gasteiger partial charge in [0.05, 0.1) is 29.2 Å². The third-order valence-electron chi connectivity index (χ3n) is 4.28. The van der Waals surface area contributed by atoms with Crippen LogP contribution in [-0.4, -0.2) is 15.6 Å². The molecule has 0 fully saturated rings. The zero-order valence-electron chi connectivity index (χ0n) is 13.0. The first kappa shape index (κ1) is 16.3. The van der Waals surface area contributed by atoms with Crippen molar-refractivity contribution >= 4 is 0 Å². The predicted octanol–water partition coefficient (Wildman–Crippen LogP) is 3.02. The lowest BCUT2D eigenvalue weighted by atomic mass is 9.87. The number of halogens is 3. The van der Waals surface area contributed by atoms with Gasteiger partial charge in [-0.25, -0.2) is 4.98 Å². The van der Waals surface area contributed by atoms with E-state index in [1.54, 1.807) is 18.6 Å². The second-order valence-electron chi connectivity index (χ2n) is 6.00. The van der Waals surface area contributed by atoms with Crippen molar-refractivity contribution in [2.45, 2.75) is 24.7 Å². The fourth-order valence-corrected chi connectivity index (χ4v) is 2.70. The smallest absolute Gasteiger partial charge is 0.399 e. The molecule has 0 radical (unpaired) electrons. The van der Waals surface area contributed by atoms with Crippen molar-refractivity contribution in [2.75, 3.05) is 0 Å². The first-order valence-electron chi connectivity index (χ1n) is 7.34. The van der Waals surface area contributed by atoms with E-state index >= 15 is 0 Å². The largest absolute Gasteiger partial charge is 0.416 e. The van der Waals surface area contributed by atoms with Gasteiger partial charge in [0.2, 0.25) is 0 Å². The Hall–Kier alpha value is -2.54. The van der Waals surface area contributed by atoms with E-state index in [9.17, 15) is 13.2 Å². The molecule has 7 heteroatoms. The fraction of sp³-hybridized carbons (Fsp3) is 0.235. The van der Waals surface area contributed by atoms with Gasteiger partial charge in [-0.2, -0.15) is 13.2 Å². The zero-order valence-corrected chi connectivity index (χ0v) is 13.0. The maximum atomic E-state index is 12.6. The first-order valence-corrected chi connectivity index (χ1v) is 7.34. The molecule has 1 heterocycles. The van der Waals surface area contributed by atoms with Crippen LogP contribution in [0, 0.1) is 0 Å². The number of imidazole rings is 1. The summed E-state index contributed by atoms with van der Waals surface area (Å²) in [5.74, 6) is 0. The Morgan fingerprint density at radius 1 is 1.21 bits per heavy atom. The minimum absolute atomic E-state index is 0.292. The monoisotopic (exact) mass is 334 g/mol. The van der Waals surface area contributed by atoms with Crippen LogP contribution in [0.2, 0.25) is 0 Å². The highest BCUT2D eigenvalue weighted by Crippen LogP contribution is 2.32. The molecule has 126 valence electrons. The zero-order chi connectivity index (χ0) is 17.5. The molecule has 0 spiro atoms. The second-order valence-corrected chi connectivity index (χ2v) is 6.00. The summed E-state index contributed by atoms with van der Waals surface area (Å²) in [6.07, 6.45) is 4.42. The molecule has 4 nitrogen and oxygen atoms in total. The minimum Gasteiger partial charge on any atom is -0.399 e. The van der Waals surface area contributed by atoms with Crippen molar-refractivity contribution in [1.29, 1.82) is 0 Å². The molecule has 1 aromatic heterocycles. The van der Waals surface area contributed by atoms with Crippen molar-refractivity contribution in [1.82, 2.24) is 9.55 Å². The van der Waals surface area contributed by atoms with Crippen LogP contribution in [0.15, 0.2) is 60.7 Å². The van der Waals surface area contributed by atoms with Gasteiger partial charge in [0.25, 0.3) is 0 Å². The molecule has 2 aromatic rings. The summed E-state index contributed by atoms with van der Waals surface area (Å²) in [7, 11) is 0. The number of hydrogen-bond donors (Lipinski definition) is 2. The van der Waals surface area contributed by atoms with Gasteiger partial charge in [0.1, 0.15) is 0 Å². The van der Waals surface area contributed by atoms with Gasteiger partial charge in [0, 0.05) is 17.5 Å². The maximum absolute atomic E-state index is 12.6. The Balaban J connectivity index is 1.93. The summed E-state index contributed by atoms with van der Waals surface area (Å²) >= 11 is 0. The van der Waals surface area contributed by atoms with Crippen LogP contribution in [0.5, 0.6) is 0 Å². The van der Waals surface area contributed by atoms with Crippen molar-refractivity contribution < 1.29 is 13.2 Å². The van der Waals surface area contributed by atoms with Gasteiger partial charge >= 0.3 is 6.18 Å². The Morgan fingerprint density at radius 2 is 1.88 bits per heavy atom. The van der Waals surface area contributed by atoms with E-state index in [1.807, 2.05) is 23.6 Å². The van der Waals surface area contributed by atoms with E-state index in [2.05, 4.69) is 4.98 Å². The predicted molar refractivity (Wildman–Crippen MR) is 85.7 cm³/mol. The SMILES string of the molecule is CC1(n2cnc(-c3ccc(C(F)(F)F)cc3)c2)C=C(N)C=CC1N. The van der Waals surface area contributed by atoms with Crippen LogP contribution in [0.3, 0.4) is 0 Å². The lowest BCUT2D eigenvalue weighted by molar-refractivity contribution is -0.137. The summed E-state index contributed by atoms with van der Waals surface area (Å²) in [6.45, 7) is 1.92. The van der Waals surface area contributed by atoms with Crippen LogP contribution in [-0.2, 0) is 11.7 Å². The Bertz CT molecular complexity index is 802. The first-order chi connectivity index (χ1) is 11.2. The second kappa shape index (κ2) is 5.52. The molecule has 0 amide bonds. The number of nitrogens with two attached hydrogens (primary N) is 2. The van der Waals surface area contributed by atoms with E-state index in [-0.39, 0.29) is 6.04 Å². The third-order valence-corrected chi connectivity index (χ3v) is 4.28. The maximum Gasteiger partial charge on any atom is 0.416 e. The van der Waals surface area contributed by atoms with Crippen LogP contribution >= 0.6 is 0 Å². The van der Waals surface area contributed by atoms with Crippen molar-refractivity contribution in [3.63, 3.8) is 0 Å². The standard InChI is InChI=1S/C17H17F3N4/c1-16(8-13(21)6-7-15(16)22)24-9-14(23-10-24)11-2-4-12(5-3-11)17(18,19)20/h2-10,15H,21-22H2,1H3. The molecule has 0 saturated carbocycles. The van der Waals surface area contributed by atoms with Gasteiger partial charge in [0.15, 0.2) is 0 Å². The highest BCUT2D eigenvalue weighted by Gasteiger charge is 2.33. The lowest BCUT2D eigenvalue weighted by Gasteiger charge is -2.34. The molecule has 2 atom stereocenters. The molecule has 1 aliphatic rings. The van der Waals surface area contributed by atoms with Crippen molar-refractivity contribution in [3.05, 3.63) is 66.3 Å². The molecular formula is C17H17F3N4. The Kier molecular flexibility index (Phi) is 3.76. The number of nitrogens with zero attached hydrogens (tertiary/aromatic N) is 2. The van der Waals surface area contributed by atoms with Gasteiger partial charge < -0.3 is 16.0 Å². The van der Waals surface area contributed by atoms with Crippen LogP contribution in [0.4, 0.5) is 13.2 Å². The van der Waals surface area contributed by atoms with Crippen LogP contribution in [0.25, 0.3) is 11.3 Å². The van der Waals surface area contributed by atoms with Gasteiger partial charge in [-0.05, 0) is 31.2 Å². The molecule has 3 rings (SSSR count). The molecule has 24 heavy (non-hydrogen) atoms. The molecule has 1 aliphatic carbocycles. The van der Waals surface area contributed by atoms with Crippen molar-refractivity contribution in [3.8, 4) is 11.3 Å². The molecule has 0 aliphatic heterocycles. The fourth-order valence-electron chi connectivity index (χ4n) is 2.70. The van der Waals surface area contributed by atoms with Crippen LogP contribution in [0.1, 0.15) is 12.5 Å². The van der Waals surface area contributed by atoms with E-state index in [4.69, 9.17) is 11.5 Å². The molecule has 0 saturated heterocycles. The summed E-state index contributed by atoms with van der Waals surface area (Å²) in [5.41, 5.74) is 12.5. The van der Waals surface area contributed by atoms with E-state index in [1.165, 1.54) is 12.1 Å². The molecule has 1 aromatic carbocycles. The van der Waals surface area contributed by atoms with Gasteiger partial charge in [-0.1, -0.05) is 18.2 Å². The molecular weight excluding hydrogens is 317 g/mol. The van der Waals surface area contributed by atoms with E-state index in [0.717, 1.165) is 12.1 Å². The van der Waals surface area contributed by atoms with E-state index in [0.29, 0.717) is 17.0 Å². The third kappa shape index (κ3) is 2.82. The van der Waals surface area contributed by atoms with Crippen LogP contribution < -0.4 is 11.5 Å². The number of aromatic nitrogens is 2. The Morgan fingerprint density at radius 3 is 2.50 bits per heavy atom. The number of rotatable bonds is 2. The number of allylic oxidation sites excluding steroid dienone is 1. The quantitative estimate of drug-likeness (QED) is 0.887. The van der Waals surface area contributed by atoms with Crippen molar-refractivity contribution in [2.24, 2.45) is 11.5 Å². The summed E-state index contributed by atoms with van der Waals surface area (Å²) in [5, 5.41) is 0. The normalized spacial score (nSPS) is 24.0. The average Bonchev–Trinajstić information content (AvgIpc) is 3.01. The molecule has 4 N–H and O–H groups in total. The highest BCUT2D eigenvalue weighted by atomic mass is 19.4. The number of alkyl halides is 3. The number of hydrogen-bond acceptors (Lipinski definition) is 3.